The fraction of sp³-hybridized carbons (Fsp3) is 0.600. The highest BCUT2D eigenvalue weighted by Crippen LogP contribution is 2.30. The molecule has 0 bridgehead atoms. The predicted octanol–water partition coefficient (Wildman–Crippen LogP) is 2.21. The lowest BCUT2D eigenvalue weighted by Crippen LogP contribution is -2.48. The number of methoxy groups -OCH3 is 1. The predicted molar refractivity (Wildman–Crippen MR) is 90.5 cm³/mol. The molecule has 1 heterocycles. The second kappa shape index (κ2) is 7.80. The van der Waals surface area contributed by atoms with Crippen LogP contribution in [0.5, 0.6) is 0 Å². The Hall–Kier alpha value is -1.87. The first-order valence-corrected chi connectivity index (χ1v) is 8.57. The van der Waals surface area contributed by atoms with Gasteiger partial charge in [0, 0.05) is 12.3 Å². The molecular weight excluding hydrogens is 334 g/mol. The van der Waals surface area contributed by atoms with E-state index < -0.39 is 32.2 Å². The first kappa shape index (κ1) is 20.2. The Bertz CT molecular complexity index is 650. The molecule has 1 N–H and O–H groups in total. The number of rotatable bonds is 8. The van der Waals surface area contributed by atoms with Crippen LogP contribution < -0.4 is 4.72 Å². The van der Waals surface area contributed by atoms with E-state index in [4.69, 9.17) is 4.74 Å². The second-order valence-electron chi connectivity index (χ2n) is 6.26. The van der Waals surface area contributed by atoms with Crippen LogP contribution in [0.2, 0.25) is 0 Å². The quantitative estimate of drug-likeness (QED) is 0.434. The minimum atomic E-state index is -1.49. The molecule has 0 saturated carbocycles. The van der Waals surface area contributed by atoms with Crippen molar-refractivity contribution in [2.24, 2.45) is 0 Å². The summed E-state index contributed by atoms with van der Waals surface area (Å²) < 4.78 is 19.8. The number of nitro groups is 1. The van der Waals surface area contributed by atoms with Gasteiger partial charge in [-0.05, 0) is 32.8 Å². The van der Waals surface area contributed by atoms with E-state index in [9.17, 15) is 19.1 Å². The summed E-state index contributed by atoms with van der Waals surface area (Å²) in [5.74, 6) is -0.525. The molecule has 1 rings (SSSR count). The number of aromatic nitrogens is 1. The number of hydrogen-bond acceptors (Lipinski definition) is 6. The van der Waals surface area contributed by atoms with Crippen LogP contribution >= 0.6 is 0 Å². The lowest BCUT2D eigenvalue weighted by Gasteiger charge is -2.33. The van der Waals surface area contributed by atoms with Gasteiger partial charge in [-0.1, -0.05) is 6.92 Å². The van der Waals surface area contributed by atoms with Gasteiger partial charge in [-0.25, -0.2) is 8.93 Å². The summed E-state index contributed by atoms with van der Waals surface area (Å²) in [4.78, 5) is 26.1. The lowest BCUT2D eigenvalue weighted by molar-refractivity contribution is -0.385. The summed E-state index contributed by atoms with van der Waals surface area (Å²) in [5, 5.41) is 11.0. The molecule has 24 heavy (non-hydrogen) atoms. The highest BCUT2D eigenvalue weighted by Gasteiger charge is 2.37. The van der Waals surface area contributed by atoms with E-state index in [0.29, 0.717) is 12.0 Å². The summed E-state index contributed by atoms with van der Waals surface area (Å²) in [6, 6.07) is 1.32. The third kappa shape index (κ3) is 4.81. The second-order valence-corrected chi connectivity index (χ2v) is 8.10. The minimum Gasteiger partial charge on any atom is -0.469 e. The third-order valence-electron chi connectivity index (χ3n) is 3.97. The minimum absolute atomic E-state index is 0.141. The number of nitrogens with zero attached hydrogens (tertiary/aromatic N) is 2. The van der Waals surface area contributed by atoms with Gasteiger partial charge in [0.2, 0.25) is 0 Å². The van der Waals surface area contributed by atoms with Gasteiger partial charge in [0.15, 0.2) is 0 Å². The van der Waals surface area contributed by atoms with Crippen LogP contribution in [0.4, 0.5) is 5.69 Å². The molecule has 9 heteroatoms. The van der Waals surface area contributed by atoms with Crippen molar-refractivity contribution >= 4 is 22.6 Å². The Balaban J connectivity index is 3.29. The van der Waals surface area contributed by atoms with Crippen LogP contribution in [-0.2, 0) is 26.1 Å². The van der Waals surface area contributed by atoms with Crippen LogP contribution in [0.25, 0.3) is 0 Å². The van der Waals surface area contributed by atoms with Gasteiger partial charge < -0.3 is 4.74 Å². The van der Waals surface area contributed by atoms with Crippen LogP contribution in [0, 0.1) is 10.1 Å². The molecule has 2 unspecified atom stereocenters. The van der Waals surface area contributed by atoms with E-state index in [1.54, 1.807) is 6.92 Å². The molecule has 1 aromatic rings. The Morgan fingerprint density at radius 1 is 1.42 bits per heavy atom. The molecular formula is C15H23N3O5S. The number of pyridine rings is 1. The van der Waals surface area contributed by atoms with Gasteiger partial charge >= 0.3 is 5.97 Å². The van der Waals surface area contributed by atoms with E-state index >= 15 is 0 Å². The van der Waals surface area contributed by atoms with Crippen LogP contribution in [0.1, 0.15) is 46.1 Å². The van der Waals surface area contributed by atoms with Gasteiger partial charge in [0.25, 0.3) is 5.69 Å². The van der Waals surface area contributed by atoms with Crippen molar-refractivity contribution in [1.29, 1.82) is 0 Å². The zero-order valence-electron chi connectivity index (χ0n) is 14.5. The molecule has 0 aromatic carbocycles. The highest BCUT2D eigenvalue weighted by molar-refractivity contribution is 7.84. The van der Waals surface area contributed by atoms with Gasteiger partial charge in [0.05, 0.1) is 39.7 Å². The van der Waals surface area contributed by atoms with Gasteiger partial charge in [-0.3, -0.25) is 19.9 Å². The first-order valence-electron chi connectivity index (χ1n) is 7.42. The Labute approximate surface area is 143 Å². The maximum atomic E-state index is 12.7. The average molecular weight is 357 g/mol. The van der Waals surface area contributed by atoms with Crippen molar-refractivity contribution < 1.29 is 18.7 Å². The van der Waals surface area contributed by atoms with Crippen molar-refractivity contribution in [2.45, 2.75) is 50.8 Å². The van der Waals surface area contributed by atoms with Crippen molar-refractivity contribution in [2.75, 3.05) is 7.11 Å². The average Bonchev–Trinajstić information content (AvgIpc) is 2.54. The fourth-order valence-electron chi connectivity index (χ4n) is 1.86. The van der Waals surface area contributed by atoms with Gasteiger partial charge in [0.1, 0.15) is 6.20 Å². The Morgan fingerprint density at radius 2 is 2.04 bits per heavy atom. The molecule has 1 aromatic heterocycles. The van der Waals surface area contributed by atoms with Crippen LogP contribution in [-0.4, -0.2) is 31.9 Å². The van der Waals surface area contributed by atoms with Gasteiger partial charge in [-0.2, -0.15) is 0 Å². The van der Waals surface area contributed by atoms with E-state index in [1.165, 1.54) is 19.4 Å². The summed E-state index contributed by atoms with van der Waals surface area (Å²) in [6.07, 6.45) is 3.04. The monoisotopic (exact) mass is 357 g/mol. The van der Waals surface area contributed by atoms with E-state index in [0.717, 1.165) is 6.20 Å². The van der Waals surface area contributed by atoms with Gasteiger partial charge in [-0.15, -0.1) is 0 Å². The number of esters is 1. The van der Waals surface area contributed by atoms with E-state index in [1.807, 2.05) is 20.8 Å². The van der Waals surface area contributed by atoms with Crippen molar-refractivity contribution in [3.8, 4) is 0 Å². The first-order chi connectivity index (χ1) is 11.1. The van der Waals surface area contributed by atoms with Crippen molar-refractivity contribution in [3.05, 3.63) is 34.1 Å². The number of nitrogens with one attached hydrogen (secondary N) is 1. The summed E-state index contributed by atoms with van der Waals surface area (Å²) in [6.45, 7) is 7.22. The van der Waals surface area contributed by atoms with Crippen molar-refractivity contribution in [1.82, 2.24) is 9.71 Å². The zero-order chi connectivity index (χ0) is 18.5. The third-order valence-corrected chi connectivity index (χ3v) is 5.90. The number of carbonyl (C=O) groups excluding carboxylic acids is 1. The highest BCUT2D eigenvalue weighted by atomic mass is 32.2. The molecule has 0 aliphatic rings. The molecule has 0 amide bonds. The molecule has 0 spiro atoms. The molecule has 0 fully saturated rings. The van der Waals surface area contributed by atoms with E-state index in [-0.39, 0.29) is 12.1 Å². The number of carbonyl (C=O) groups is 1. The molecule has 0 saturated heterocycles. The maximum Gasteiger partial charge on any atom is 0.307 e. The maximum absolute atomic E-state index is 12.7. The summed E-state index contributed by atoms with van der Waals surface area (Å²) in [7, 11) is -0.240. The summed E-state index contributed by atoms with van der Waals surface area (Å²) in [5.41, 5.74) is -0.933. The Kier molecular flexibility index (Phi) is 6.56. The SMILES string of the molecule is CCC(C)(C)S(=O)NC(C)(CC(=O)OC)c1cncc([N+](=O)[O-])c1. The van der Waals surface area contributed by atoms with Crippen molar-refractivity contribution in [3.63, 3.8) is 0 Å². The fourth-order valence-corrected chi connectivity index (χ4v) is 3.00. The summed E-state index contributed by atoms with van der Waals surface area (Å²) >= 11 is 0. The smallest absolute Gasteiger partial charge is 0.307 e. The molecule has 8 nitrogen and oxygen atoms in total. The standard InChI is InChI=1S/C15H23N3O5S/c1-6-14(2,3)24(22)17-15(4,8-13(19)23-5)11-7-12(18(20)21)10-16-9-11/h7,9-10,17H,6,8H2,1-5H3. The molecule has 2 atom stereocenters. The molecule has 0 radical (unpaired) electrons. The Morgan fingerprint density at radius 3 is 2.54 bits per heavy atom. The number of ether oxygens (including phenoxy) is 1. The largest absolute Gasteiger partial charge is 0.469 e. The molecule has 0 aliphatic heterocycles. The zero-order valence-corrected chi connectivity index (χ0v) is 15.3. The normalized spacial score (nSPS) is 15.4. The van der Waals surface area contributed by atoms with Crippen LogP contribution in [0.3, 0.4) is 0 Å². The van der Waals surface area contributed by atoms with Crippen LogP contribution in [0.15, 0.2) is 18.5 Å². The van der Waals surface area contributed by atoms with E-state index in [2.05, 4.69) is 9.71 Å². The number of hydrogen-bond donors (Lipinski definition) is 1. The molecule has 134 valence electrons. The molecule has 0 aliphatic carbocycles. The topological polar surface area (TPSA) is 111 Å². The lowest BCUT2D eigenvalue weighted by atomic mass is 9.91.